The monoisotopic (exact) mass is 421 g/mol. The second kappa shape index (κ2) is 11.1. The molecule has 0 aromatic heterocycles. The van der Waals surface area contributed by atoms with E-state index in [0.717, 1.165) is 24.0 Å². The summed E-state index contributed by atoms with van der Waals surface area (Å²) in [6.07, 6.45) is 5.83. The van der Waals surface area contributed by atoms with E-state index in [1.165, 1.54) is 24.8 Å². The minimum absolute atomic E-state index is 0.344. The van der Waals surface area contributed by atoms with Crippen molar-refractivity contribution in [3.63, 3.8) is 0 Å². The van der Waals surface area contributed by atoms with Gasteiger partial charge in [-0.25, -0.2) is 8.42 Å². The smallest absolute Gasteiger partial charge is 0.207 e. The van der Waals surface area contributed by atoms with Gasteiger partial charge in [-0.3, -0.25) is 0 Å². The normalized spacial score (nSPS) is 11.7. The summed E-state index contributed by atoms with van der Waals surface area (Å²) in [5, 5.41) is 0. The summed E-state index contributed by atoms with van der Waals surface area (Å²) in [7, 11) is -3.61. The minimum atomic E-state index is -3.61. The van der Waals surface area contributed by atoms with Gasteiger partial charge in [0.2, 0.25) is 10.0 Å². The second-order valence-electron chi connectivity index (χ2n) is 7.70. The summed E-state index contributed by atoms with van der Waals surface area (Å²) in [4.78, 5) is 0.353. The van der Waals surface area contributed by atoms with E-state index >= 15 is 0 Å². The van der Waals surface area contributed by atoms with Crippen LogP contribution in [-0.4, -0.2) is 12.7 Å². The van der Waals surface area contributed by atoms with Crippen LogP contribution < -0.4 is 0 Å². The van der Waals surface area contributed by atoms with E-state index < -0.39 is 10.0 Å². The van der Waals surface area contributed by atoms with Crippen LogP contribution in [0, 0.1) is 0 Å². The first kappa shape index (κ1) is 22.3. The maximum absolute atomic E-state index is 13.5. The summed E-state index contributed by atoms with van der Waals surface area (Å²) in [5.41, 5.74) is 3.15. The van der Waals surface area contributed by atoms with Crippen molar-refractivity contribution in [3.8, 4) is 0 Å². The van der Waals surface area contributed by atoms with Crippen LogP contribution in [0.2, 0.25) is 0 Å². The lowest BCUT2D eigenvalue weighted by molar-refractivity contribution is 0.401. The molecule has 158 valence electrons. The predicted molar refractivity (Wildman–Crippen MR) is 124 cm³/mol. The average Bonchev–Trinajstić information content (AvgIpc) is 2.78. The van der Waals surface area contributed by atoms with Gasteiger partial charge in [-0.2, -0.15) is 4.31 Å². The Kier molecular flexibility index (Phi) is 8.23. The number of benzene rings is 3. The predicted octanol–water partition coefficient (Wildman–Crippen LogP) is 6.20. The van der Waals surface area contributed by atoms with Crippen LogP contribution in [0.3, 0.4) is 0 Å². The van der Waals surface area contributed by atoms with Crippen molar-refractivity contribution in [1.29, 1.82) is 0 Å². The Morgan fingerprint density at radius 3 is 1.67 bits per heavy atom. The summed E-state index contributed by atoms with van der Waals surface area (Å²) >= 11 is 0. The summed E-state index contributed by atoms with van der Waals surface area (Å²) in [6, 6.07) is 26.9. The molecule has 3 aromatic rings. The third-order valence-electron chi connectivity index (χ3n) is 5.28. The van der Waals surface area contributed by atoms with Gasteiger partial charge in [0, 0.05) is 13.1 Å². The Bertz CT molecular complexity index is 943. The SMILES string of the molecule is CCCCCCc1ccc(S(=O)(=O)N(Cc2ccccc2)Cc2ccccc2)cc1. The maximum atomic E-state index is 13.5. The molecule has 0 saturated carbocycles. The molecule has 0 aliphatic rings. The van der Waals surface area contributed by atoms with Gasteiger partial charge < -0.3 is 0 Å². The van der Waals surface area contributed by atoms with Crippen molar-refractivity contribution in [2.75, 3.05) is 0 Å². The minimum Gasteiger partial charge on any atom is -0.207 e. The highest BCUT2D eigenvalue weighted by atomic mass is 32.2. The highest BCUT2D eigenvalue weighted by Crippen LogP contribution is 2.22. The number of aryl methyl sites for hydroxylation is 1. The van der Waals surface area contributed by atoms with Gasteiger partial charge in [-0.1, -0.05) is 99.0 Å². The van der Waals surface area contributed by atoms with Gasteiger partial charge in [-0.05, 0) is 41.7 Å². The Balaban J connectivity index is 1.80. The molecule has 0 saturated heterocycles. The van der Waals surface area contributed by atoms with Crippen LogP contribution in [-0.2, 0) is 29.5 Å². The van der Waals surface area contributed by atoms with Crippen molar-refractivity contribution in [3.05, 3.63) is 102 Å². The molecule has 3 nitrogen and oxygen atoms in total. The first-order valence-electron chi connectivity index (χ1n) is 10.8. The molecule has 0 heterocycles. The van der Waals surface area contributed by atoms with Crippen molar-refractivity contribution in [2.24, 2.45) is 0 Å². The Hall–Kier alpha value is -2.43. The Morgan fingerprint density at radius 2 is 1.17 bits per heavy atom. The number of sulfonamides is 1. The third-order valence-corrected chi connectivity index (χ3v) is 7.09. The Labute approximate surface area is 181 Å². The third kappa shape index (κ3) is 6.28. The second-order valence-corrected chi connectivity index (χ2v) is 9.64. The number of rotatable bonds is 11. The van der Waals surface area contributed by atoms with E-state index in [2.05, 4.69) is 6.92 Å². The van der Waals surface area contributed by atoms with Crippen LogP contribution in [0.1, 0.15) is 49.3 Å². The van der Waals surface area contributed by atoms with Crippen LogP contribution >= 0.6 is 0 Å². The van der Waals surface area contributed by atoms with Crippen molar-refractivity contribution < 1.29 is 8.42 Å². The molecule has 0 bridgehead atoms. The molecule has 0 fully saturated rings. The molecule has 0 amide bonds. The molecule has 4 heteroatoms. The molecule has 30 heavy (non-hydrogen) atoms. The van der Waals surface area contributed by atoms with E-state index in [4.69, 9.17) is 0 Å². The topological polar surface area (TPSA) is 37.4 Å². The van der Waals surface area contributed by atoms with Crippen LogP contribution in [0.5, 0.6) is 0 Å². The van der Waals surface area contributed by atoms with E-state index in [9.17, 15) is 8.42 Å². The molecule has 3 rings (SSSR count). The van der Waals surface area contributed by atoms with Crippen LogP contribution in [0.25, 0.3) is 0 Å². The van der Waals surface area contributed by atoms with Gasteiger partial charge in [-0.15, -0.1) is 0 Å². The highest BCUT2D eigenvalue weighted by Gasteiger charge is 2.25. The Morgan fingerprint density at radius 1 is 0.633 bits per heavy atom. The maximum Gasteiger partial charge on any atom is 0.243 e. The lowest BCUT2D eigenvalue weighted by Gasteiger charge is -2.23. The molecule has 0 atom stereocenters. The summed E-state index contributed by atoms with van der Waals surface area (Å²) in [6.45, 7) is 2.89. The zero-order valence-electron chi connectivity index (χ0n) is 17.7. The number of unbranched alkanes of at least 4 members (excludes halogenated alkanes) is 3. The van der Waals surface area contributed by atoms with Crippen molar-refractivity contribution in [2.45, 2.75) is 57.0 Å². The summed E-state index contributed by atoms with van der Waals surface area (Å²) in [5.74, 6) is 0. The van der Waals surface area contributed by atoms with E-state index in [1.54, 1.807) is 16.4 Å². The highest BCUT2D eigenvalue weighted by molar-refractivity contribution is 7.89. The zero-order valence-corrected chi connectivity index (χ0v) is 18.5. The molecule has 3 aromatic carbocycles. The summed E-state index contributed by atoms with van der Waals surface area (Å²) < 4.78 is 28.5. The fourth-order valence-corrected chi connectivity index (χ4v) is 4.95. The fraction of sp³-hybridized carbons (Fsp3) is 0.308. The van der Waals surface area contributed by atoms with Crippen LogP contribution in [0.4, 0.5) is 0 Å². The first-order chi connectivity index (χ1) is 14.6. The molecule has 0 aliphatic heterocycles. The van der Waals surface area contributed by atoms with Gasteiger partial charge in [0.05, 0.1) is 4.90 Å². The molecule has 0 spiro atoms. The standard InChI is InChI=1S/C26H31NO2S/c1-2-3-4-7-12-23-17-19-26(20-18-23)30(28,29)27(21-24-13-8-5-9-14-24)22-25-15-10-6-11-16-25/h5-6,8-11,13-20H,2-4,7,12,21-22H2,1H3. The van der Waals surface area contributed by atoms with Gasteiger partial charge in [0.1, 0.15) is 0 Å². The lowest BCUT2D eigenvalue weighted by Crippen LogP contribution is -2.30. The number of nitrogens with zero attached hydrogens (tertiary/aromatic N) is 1. The first-order valence-corrected chi connectivity index (χ1v) is 12.2. The van der Waals surface area contributed by atoms with Crippen molar-refractivity contribution >= 4 is 10.0 Å². The molecule has 0 aliphatic carbocycles. The molecule has 0 radical (unpaired) electrons. The number of hydrogen-bond donors (Lipinski definition) is 0. The molecular weight excluding hydrogens is 390 g/mol. The average molecular weight is 422 g/mol. The van der Waals surface area contributed by atoms with E-state index in [1.807, 2.05) is 72.8 Å². The fourth-order valence-electron chi connectivity index (χ4n) is 3.53. The quantitative estimate of drug-likeness (QED) is 0.346. The van der Waals surface area contributed by atoms with E-state index in [0.29, 0.717) is 18.0 Å². The molecule has 0 unspecified atom stereocenters. The van der Waals surface area contributed by atoms with Gasteiger partial charge in [0.15, 0.2) is 0 Å². The number of hydrogen-bond acceptors (Lipinski definition) is 2. The van der Waals surface area contributed by atoms with Gasteiger partial charge >= 0.3 is 0 Å². The van der Waals surface area contributed by atoms with Crippen LogP contribution in [0.15, 0.2) is 89.8 Å². The van der Waals surface area contributed by atoms with E-state index in [-0.39, 0.29) is 0 Å². The molecular formula is C26H31NO2S. The largest absolute Gasteiger partial charge is 0.243 e. The van der Waals surface area contributed by atoms with Gasteiger partial charge in [0.25, 0.3) is 0 Å². The lowest BCUT2D eigenvalue weighted by atomic mass is 10.1. The molecule has 0 N–H and O–H groups in total. The zero-order chi connectivity index (χ0) is 21.2. The van der Waals surface area contributed by atoms with Crippen molar-refractivity contribution in [1.82, 2.24) is 4.31 Å².